The number of esters is 1. The summed E-state index contributed by atoms with van der Waals surface area (Å²) in [7, 11) is 0. The minimum absolute atomic E-state index is 0.0318. The number of unbranched alkanes of at least 4 members (excludes halogenated alkanes) is 1. The molecule has 0 saturated heterocycles. The minimum atomic E-state index is -0.231. The lowest BCUT2D eigenvalue weighted by molar-refractivity contribution is -0.203. The van der Waals surface area contributed by atoms with Crippen molar-refractivity contribution in [3.05, 3.63) is 0 Å². The maximum atomic E-state index is 12.2. The van der Waals surface area contributed by atoms with Gasteiger partial charge in [0.15, 0.2) is 0 Å². The van der Waals surface area contributed by atoms with Gasteiger partial charge in [0.05, 0.1) is 18.8 Å². The van der Waals surface area contributed by atoms with Crippen LogP contribution in [0.3, 0.4) is 0 Å². The van der Waals surface area contributed by atoms with Gasteiger partial charge in [0, 0.05) is 6.42 Å². The molecule has 0 unspecified atom stereocenters. The topological polar surface area (TPSA) is 66.8 Å². The van der Waals surface area contributed by atoms with E-state index in [0.717, 1.165) is 44.9 Å². The van der Waals surface area contributed by atoms with E-state index in [9.17, 15) is 15.0 Å². The van der Waals surface area contributed by atoms with Crippen LogP contribution in [0.4, 0.5) is 0 Å². The predicted octanol–water partition coefficient (Wildman–Crippen LogP) is 6.37. The summed E-state index contributed by atoms with van der Waals surface area (Å²) in [6.45, 7) is 12.3. The van der Waals surface area contributed by atoms with E-state index in [4.69, 9.17) is 4.74 Å². The first-order valence-corrected chi connectivity index (χ1v) is 14.7. The molecule has 0 heterocycles. The number of rotatable bonds is 8. The molecule has 0 aromatic heterocycles. The molecule has 2 N–H and O–H groups in total. The smallest absolute Gasteiger partial charge is 0.305 e. The fraction of sp³-hybridized carbons (Fsp3) is 0.967. The highest BCUT2D eigenvalue weighted by Crippen LogP contribution is 2.69. The lowest BCUT2D eigenvalue weighted by Gasteiger charge is -2.64. The first kappa shape index (κ1) is 26.5. The van der Waals surface area contributed by atoms with Gasteiger partial charge in [0.2, 0.25) is 0 Å². The molecule has 4 nitrogen and oxygen atoms in total. The molecule has 4 saturated carbocycles. The predicted molar refractivity (Wildman–Crippen MR) is 136 cm³/mol. The Morgan fingerprint density at radius 2 is 1.71 bits per heavy atom. The highest BCUT2D eigenvalue weighted by molar-refractivity contribution is 5.69. The molecular weight excluding hydrogens is 424 g/mol. The van der Waals surface area contributed by atoms with Crippen LogP contribution in [0, 0.1) is 52.3 Å². The standard InChI is InChI=1S/C30H52O4/c1-6-8-17-34-26(32)12-9-19(3)22-10-11-23-27-24(14-16-29(22,23)4)30(5)15-13-20(31)18-25(30)21(7-2)28(27)33/h19-25,27-28,31,33H,6-18H2,1-5H3/t19-,20-,21-,22-,23+,24+,25+,27+,28-,29-,30-/m1/s1. The Kier molecular flexibility index (Phi) is 8.09. The summed E-state index contributed by atoms with van der Waals surface area (Å²) >= 11 is 0. The van der Waals surface area contributed by atoms with E-state index < -0.39 is 0 Å². The van der Waals surface area contributed by atoms with Crippen molar-refractivity contribution in [2.75, 3.05) is 6.61 Å². The molecule has 0 bridgehead atoms. The Morgan fingerprint density at radius 1 is 1.00 bits per heavy atom. The van der Waals surface area contributed by atoms with Gasteiger partial charge in [0.1, 0.15) is 0 Å². The number of hydrogen-bond acceptors (Lipinski definition) is 4. The molecule has 4 heteroatoms. The van der Waals surface area contributed by atoms with Crippen molar-refractivity contribution >= 4 is 5.97 Å². The van der Waals surface area contributed by atoms with Crippen LogP contribution in [-0.2, 0) is 9.53 Å². The molecule has 0 amide bonds. The molecule has 11 atom stereocenters. The van der Waals surface area contributed by atoms with Gasteiger partial charge in [-0.25, -0.2) is 0 Å². The molecule has 4 aliphatic carbocycles. The fourth-order valence-corrected chi connectivity index (χ4v) is 9.88. The van der Waals surface area contributed by atoms with Crippen molar-refractivity contribution in [3.8, 4) is 0 Å². The van der Waals surface area contributed by atoms with Gasteiger partial charge in [0.25, 0.3) is 0 Å². The molecule has 196 valence electrons. The first-order chi connectivity index (χ1) is 16.2. The fourth-order valence-electron chi connectivity index (χ4n) is 9.88. The van der Waals surface area contributed by atoms with Crippen LogP contribution in [0.1, 0.15) is 112 Å². The molecule has 0 spiro atoms. The Hall–Kier alpha value is -0.610. The second kappa shape index (κ2) is 10.4. The second-order valence-corrected chi connectivity index (χ2v) is 13.2. The number of hydrogen-bond donors (Lipinski definition) is 2. The SMILES string of the molecule is CCCCOC(=O)CC[C@@H](C)[C@H]1CC[C@H]2[C@@H]3[C@H](O)[C@H](CC)[C@@H]4C[C@H](O)CC[C@]4(C)[C@H]3CC[C@]12C. The maximum Gasteiger partial charge on any atom is 0.305 e. The monoisotopic (exact) mass is 476 g/mol. The molecule has 0 aromatic rings. The van der Waals surface area contributed by atoms with Crippen LogP contribution in [0.2, 0.25) is 0 Å². The van der Waals surface area contributed by atoms with Gasteiger partial charge in [-0.15, -0.1) is 0 Å². The summed E-state index contributed by atoms with van der Waals surface area (Å²) in [6, 6.07) is 0. The second-order valence-electron chi connectivity index (χ2n) is 13.2. The van der Waals surface area contributed by atoms with Crippen molar-refractivity contribution < 1.29 is 19.7 Å². The lowest BCUT2D eigenvalue weighted by Crippen LogP contribution is -2.62. The summed E-state index contributed by atoms with van der Waals surface area (Å²) in [5, 5.41) is 22.3. The third-order valence-corrected chi connectivity index (χ3v) is 11.7. The summed E-state index contributed by atoms with van der Waals surface area (Å²) in [6.07, 6.45) is 11.9. The molecule has 4 fully saturated rings. The number of ether oxygens (including phenoxy) is 1. The normalized spacial score (nSPS) is 46.8. The summed E-state index contributed by atoms with van der Waals surface area (Å²) in [5.74, 6) is 3.46. The van der Waals surface area contributed by atoms with E-state index >= 15 is 0 Å². The Balaban J connectivity index is 1.48. The minimum Gasteiger partial charge on any atom is -0.466 e. The van der Waals surface area contributed by atoms with E-state index in [1.807, 2.05) is 0 Å². The average molecular weight is 477 g/mol. The van der Waals surface area contributed by atoms with E-state index in [1.165, 1.54) is 25.7 Å². The Labute approximate surface area is 208 Å². The van der Waals surface area contributed by atoms with Crippen LogP contribution in [0.25, 0.3) is 0 Å². The number of carbonyl (C=O) groups excluding carboxylic acids is 1. The third-order valence-electron chi connectivity index (χ3n) is 11.7. The van der Waals surface area contributed by atoms with Crippen LogP contribution < -0.4 is 0 Å². The largest absolute Gasteiger partial charge is 0.466 e. The van der Waals surface area contributed by atoms with Crippen molar-refractivity contribution in [2.45, 2.75) is 124 Å². The molecule has 0 aliphatic heterocycles. The van der Waals surface area contributed by atoms with Gasteiger partial charge in [-0.2, -0.15) is 0 Å². The number of aliphatic hydroxyl groups excluding tert-OH is 2. The van der Waals surface area contributed by atoms with Crippen LogP contribution >= 0.6 is 0 Å². The maximum absolute atomic E-state index is 12.2. The van der Waals surface area contributed by atoms with Crippen molar-refractivity contribution in [1.29, 1.82) is 0 Å². The number of fused-ring (bicyclic) bond motifs is 5. The molecule has 0 aromatic carbocycles. The van der Waals surface area contributed by atoms with Gasteiger partial charge in [-0.1, -0.05) is 47.5 Å². The van der Waals surface area contributed by atoms with E-state index in [2.05, 4.69) is 34.6 Å². The molecule has 4 rings (SSSR count). The Morgan fingerprint density at radius 3 is 2.41 bits per heavy atom. The molecular formula is C30H52O4. The highest BCUT2D eigenvalue weighted by atomic mass is 16.5. The first-order valence-electron chi connectivity index (χ1n) is 14.7. The zero-order chi connectivity index (χ0) is 24.7. The molecule has 4 aliphatic rings. The Bertz CT molecular complexity index is 708. The van der Waals surface area contributed by atoms with E-state index in [1.54, 1.807) is 0 Å². The van der Waals surface area contributed by atoms with Gasteiger partial charge < -0.3 is 14.9 Å². The average Bonchev–Trinajstić information content (AvgIpc) is 3.16. The quantitative estimate of drug-likeness (QED) is 0.315. The lowest BCUT2D eigenvalue weighted by atomic mass is 9.41. The van der Waals surface area contributed by atoms with Crippen molar-refractivity contribution in [2.24, 2.45) is 52.3 Å². The molecule has 0 radical (unpaired) electrons. The highest BCUT2D eigenvalue weighted by Gasteiger charge is 2.64. The van der Waals surface area contributed by atoms with Gasteiger partial charge in [-0.3, -0.25) is 4.79 Å². The third kappa shape index (κ3) is 4.49. The van der Waals surface area contributed by atoms with Gasteiger partial charge >= 0.3 is 5.97 Å². The van der Waals surface area contributed by atoms with Crippen molar-refractivity contribution in [3.63, 3.8) is 0 Å². The summed E-state index contributed by atoms with van der Waals surface area (Å²) in [4.78, 5) is 12.2. The van der Waals surface area contributed by atoms with Crippen LogP contribution in [0.15, 0.2) is 0 Å². The van der Waals surface area contributed by atoms with Gasteiger partial charge in [-0.05, 0) is 110 Å². The number of aliphatic hydroxyl groups is 2. The summed E-state index contributed by atoms with van der Waals surface area (Å²) < 4.78 is 5.42. The molecule has 34 heavy (non-hydrogen) atoms. The van der Waals surface area contributed by atoms with Crippen molar-refractivity contribution in [1.82, 2.24) is 0 Å². The number of carbonyl (C=O) groups is 1. The zero-order valence-corrected chi connectivity index (χ0v) is 22.6. The zero-order valence-electron chi connectivity index (χ0n) is 22.6. The van der Waals surface area contributed by atoms with Crippen LogP contribution in [0.5, 0.6) is 0 Å². The summed E-state index contributed by atoms with van der Waals surface area (Å²) in [5.41, 5.74) is 0.528. The van der Waals surface area contributed by atoms with E-state index in [-0.39, 0.29) is 29.0 Å². The van der Waals surface area contributed by atoms with Crippen LogP contribution in [-0.4, -0.2) is 35.0 Å². The van der Waals surface area contributed by atoms with E-state index in [0.29, 0.717) is 54.5 Å².